The Morgan fingerprint density at radius 1 is 1.25 bits per heavy atom. The van der Waals surface area contributed by atoms with Crippen LogP contribution in [0.2, 0.25) is 0 Å². The van der Waals surface area contributed by atoms with Crippen LogP contribution >= 0.6 is 0 Å². The van der Waals surface area contributed by atoms with Crippen molar-refractivity contribution in [2.75, 3.05) is 19.7 Å². The highest BCUT2D eigenvalue weighted by Gasteiger charge is 2.35. The number of aryl methyl sites for hydroxylation is 2. The lowest BCUT2D eigenvalue weighted by molar-refractivity contribution is -0.00257. The maximum absolute atomic E-state index is 13.2. The van der Waals surface area contributed by atoms with Crippen molar-refractivity contribution in [3.63, 3.8) is 0 Å². The minimum absolute atomic E-state index is 0.239. The van der Waals surface area contributed by atoms with E-state index >= 15 is 0 Å². The first-order valence-electron chi connectivity index (χ1n) is 8.16. The first kappa shape index (κ1) is 17.1. The number of nitrogens with zero attached hydrogens (tertiary/aromatic N) is 3. The van der Waals surface area contributed by atoms with Gasteiger partial charge in [-0.2, -0.15) is 9.40 Å². The van der Waals surface area contributed by atoms with Crippen LogP contribution in [0.4, 0.5) is 0 Å². The number of hydrogen-bond acceptors (Lipinski definition) is 4. The fourth-order valence-corrected chi connectivity index (χ4v) is 5.00. The SMILES string of the molecule is CCn1nc(C)c(S(=O)(=O)N2CCOC(c3ccccc3)C2)c1C. The molecule has 0 spiro atoms. The normalized spacial score (nSPS) is 19.5. The topological polar surface area (TPSA) is 64.4 Å². The molecule has 0 bridgehead atoms. The van der Waals surface area contributed by atoms with Crippen molar-refractivity contribution in [3.05, 3.63) is 47.3 Å². The number of hydrogen-bond donors (Lipinski definition) is 0. The van der Waals surface area contributed by atoms with Crippen molar-refractivity contribution in [1.29, 1.82) is 0 Å². The second-order valence-corrected chi connectivity index (χ2v) is 7.82. The Morgan fingerprint density at radius 2 is 1.96 bits per heavy atom. The predicted molar refractivity (Wildman–Crippen MR) is 91.3 cm³/mol. The summed E-state index contributed by atoms with van der Waals surface area (Å²) in [6.45, 7) is 7.24. The maximum atomic E-state index is 13.2. The molecule has 3 rings (SSSR count). The average Bonchev–Trinajstić information content (AvgIpc) is 2.90. The van der Waals surface area contributed by atoms with Gasteiger partial charge in [-0.3, -0.25) is 4.68 Å². The molecule has 1 aliphatic heterocycles. The van der Waals surface area contributed by atoms with Crippen LogP contribution in [0.1, 0.15) is 30.0 Å². The summed E-state index contributed by atoms with van der Waals surface area (Å²) in [4.78, 5) is 0.332. The van der Waals surface area contributed by atoms with E-state index in [1.807, 2.05) is 44.2 Å². The van der Waals surface area contributed by atoms with Crippen molar-refractivity contribution in [1.82, 2.24) is 14.1 Å². The van der Waals surface area contributed by atoms with Crippen molar-refractivity contribution in [3.8, 4) is 0 Å². The van der Waals surface area contributed by atoms with Gasteiger partial charge in [0.05, 0.1) is 24.1 Å². The van der Waals surface area contributed by atoms with Gasteiger partial charge in [-0.05, 0) is 26.3 Å². The van der Waals surface area contributed by atoms with Crippen LogP contribution in [-0.2, 0) is 21.3 Å². The van der Waals surface area contributed by atoms with Crippen LogP contribution < -0.4 is 0 Å². The molecule has 1 unspecified atom stereocenters. The van der Waals surface area contributed by atoms with Gasteiger partial charge in [0.2, 0.25) is 10.0 Å². The van der Waals surface area contributed by atoms with Crippen molar-refractivity contribution in [2.45, 2.75) is 38.3 Å². The van der Waals surface area contributed by atoms with E-state index in [0.717, 1.165) is 5.56 Å². The zero-order chi connectivity index (χ0) is 17.3. The number of ether oxygens (including phenoxy) is 1. The molecule has 1 aliphatic rings. The van der Waals surface area contributed by atoms with Gasteiger partial charge >= 0.3 is 0 Å². The number of morpholine rings is 1. The maximum Gasteiger partial charge on any atom is 0.246 e. The second-order valence-electron chi connectivity index (χ2n) is 5.95. The summed E-state index contributed by atoms with van der Waals surface area (Å²) < 4.78 is 35.3. The van der Waals surface area contributed by atoms with Gasteiger partial charge < -0.3 is 4.74 Å². The van der Waals surface area contributed by atoms with Crippen LogP contribution in [-0.4, -0.2) is 42.2 Å². The van der Waals surface area contributed by atoms with Crippen LogP contribution in [0.15, 0.2) is 35.2 Å². The number of benzene rings is 1. The first-order valence-corrected chi connectivity index (χ1v) is 9.60. The highest BCUT2D eigenvalue weighted by Crippen LogP contribution is 2.29. The standard InChI is InChI=1S/C17H23N3O3S/c1-4-20-14(3)17(13(2)18-20)24(21,22)19-10-11-23-16(12-19)15-8-6-5-7-9-15/h5-9,16H,4,10-12H2,1-3H3. The largest absolute Gasteiger partial charge is 0.371 e. The van der Waals surface area contributed by atoms with E-state index in [2.05, 4.69) is 5.10 Å². The number of sulfonamides is 1. The smallest absolute Gasteiger partial charge is 0.246 e. The van der Waals surface area contributed by atoms with Crippen molar-refractivity contribution < 1.29 is 13.2 Å². The quantitative estimate of drug-likeness (QED) is 0.849. The molecule has 130 valence electrons. The Hall–Kier alpha value is -1.70. The summed E-state index contributed by atoms with van der Waals surface area (Å²) in [7, 11) is -3.58. The third kappa shape index (κ3) is 2.99. The van der Waals surface area contributed by atoms with Crippen molar-refractivity contribution >= 4 is 10.0 Å². The molecule has 24 heavy (non-hydrogen) atoms. The first-order chi connectivity index (χ1) is 11.4. The molecule has 0 saturated carbocycles. The van der Waals surface area contributed by atoms with E-state index in [1.165, 1.54) is 4.31 Å². The average molecular weight is 349 g/mol. The molecule has 1 saturated heterocycles. The van der Waals surface area contributed by atoms with E-state index in [1.54, 1.807) is 11.6 Å². The summed E-state index contributed by atoms with van der Waals surface area (Å²) >= 11 is 0. The van der Waals surface area contributed by atoms with Gasteiger partial charge in [0.1, 0.15) is 4.90 Å². The van der Waals surface area contributed by atoms with Gasteiger partial charge in [0.25, 0.3) is 0 Å². The molecular weight excluding hydrogens is 326 g/mol. The fraction of sp³-hybridized carbons (Fsp3) is 0.471. The Morgan fingerprint density at radius 3 is 2.58 bits per heavy atom. The summed E-state index contributed by atoms with van der Waals surface area (Å²) in [6.07, 6.45) is -0.239. The molecule has 0 amide bonds. The van der Waals surface area contributed by atoms with E-state index in [4.69, 9.17) is 4.74 Å². The van der Waals surface area contributed by atoms with Crippen LogP contribution in [0.3, 0.4) is 0 Å². The highest BCUT2D eigenvalue weighted by molar-refractivity contribution is 7.89. The Balaban J connectivity index is 1.91. The minimum Gasteiger partial charge on any atom is -0.371 e. The van der Waals surface area contributed by atoms with Gasteiger partial charge in [-0.1, -0.05) is 30.3 Å². The summed E-state index contributed by atoms with van der Waals surface area (Å²) in [5, 5.41) is 4.35. The van der Waals surface area contributed by atoms with Gasteiger partial charge in [0, 0.05) is 19.6 Å². The van der Waals surface area contributed by atoms with Gasteiger partial charge in [-0.25, -0.2) is 8.42 Å². The lowest BCUT2D eigenvalue weighted by Gasteiger charge is -2.32. The lowest BCUT2D eigenvalue weighted by Crippen LogP contribution is -2.42. The summed E-state index contributed by atoms with van der Waals surface area (Å²) in [6, 6.07) is 9.74. The van der Waals surface area contributed by atoms with E-state index in [0.29, 0.717) is 42.5 Å². The van der Waals surface area contributed by atoms with Crippen LogP contribution in [0, 0.1) is 13.8 Å². The van der Waals surface area contributed by atoms with Crippen molar-refractivity contribution in [2.24, 2.45) is 0 Å². The van der Waals surface area contributed by atoms with Crippen LogP contribution in [0.5, 0.6) is 0 Å². The molecule has 1 fully saturated rings. The Kier molecular flexibility index (Phi) is 4.76. The monoisotopic (exact) mass is 349 g/mol. The minimum atomic E-state index is -3.58. The third-order valence-electron chi connectivity index (χ3n) is 4.41. The molecule has 6 nitrogen and oxygen atoms in total. The van der Waals surface area contributed by atoms with Crippen LogP contribution in [0.25, 0.3) is 0 Å². The molecule has 7 heteroatoms. The van der Waals surface area contributed by atoms with E-state index < -0.39 is 10.0 Å². The van der Waals surface area contributed by atoms with Gasteiger partial charge in [0.15, 0.2) is 0 Å². The lowest BCUT2D eigenvalue weighted by atomic mass is 10.1. The number of rotatable bonds is 4. The fourth-order valence-electron chi connectivity index (χ4n) is 3.20. The highest BCUT2D eigenvalue weighted by atomic mass is 32.2. The molecule has 2 heterocycles. The second kappa shape index (κ2) is 6.66. The summed E-state index contributed by atoms with van der Waals surface area (Å²) in [5.41, 5.74) is 2.24. The molecule has 2 aromatic rings. The number of aromatic nitrogens is 2. The zero-order valence-electron chi connectivity index (χ0n) is 14.3. The summed E-state index contributed by atoms with van der Waals surface area (Å²) in [5.74, 6) is 0. The third-order valence-corrected chi connectivity index (χ3v) is 6.53. The zero-order valence-corrected chi connectivity index (χ0v) is 15.1. The molecule has 0 radical (unpaired) electrons. The van der Waals surface area contributed by atoms with E-state index in [9.17, 15) is 8.42 Å². The molecule has 1 aromatic heterocycles. The molecule has 1 aromatic carbocycles. The Bertz CT molecular complexity index is 815. The van der Waals surface area contributed by atoms with E-state index in [-0.39, 0.29) is 6.10 Å². The molecule has 0 aliphatic carbocycles. The van der Waals surface area contributed by atoms with Gasteiger partial charge in [-0.15, -0.1) is 0 Å². The Labute approximate surface area is 143 Å². The predicted octanol–water partition coefficient (Wildman–Crippen LogP) is 2.28. The molecule has 0 N–H and O–H groups in total. The molecular formula is C17H23N3O3S. The molecule has 1 atom stereocenters.